The Morgan fingerprint density at radius 2 is 1.75 bits per heavy atom. The number of rotatable bonds is 0. The zero-order chi connectivity index (χ0) is 2.71. The summed E-state index contributed by atoms with van der Waals surface area (Å²) in [6, 6.07) is 0. The van der Waals surface area contributed by atoms with Gasteiger partial charge in [-0.1, -0.05) is 0 Å². The first-order valence-corrected chi connectivity index (χ1v) is 0.383. The van der Waals surface area contributed by atoms with Crippen LogP contribution in [0.25, 0.3) is 0 Å². The van der Waals surface area contributed by atoms with Gasteiger partial charge >= 0.3 is 23.9 Å². The second kappa shape index (κ2) is 10.8. The van der Waals surface area contributed by atoms with E-state index < -0.39 is 0 Å². The summed E-state index contributed by atoms with van der Waals surface area (Å²) in [4.78, 5) is 8.11. The van der Waals surface area contributed by atoms with Crippen LogP contribution >= 0.6 is 0 Å². The van der Waals surface area contributed by atoms with Gasteiger partial charge in [-0.3, -0.25) is 0 Å². The first-order chi connectivity index (χ1) is 1.41. The van der Waals surface area contributed by atoms with Crippen LogP contribution in [0.1, 0.15) is 0 Å². The van der Waals surface area contributed by atoms with Gasteiger partial charge in [0.2, 0.25) is 0 Å². The minimum atomic E-state index is 0. The van der Waals surface area contributed by atoms with Gasteiger partial charge in [-0.2, -0.15) is 0 Å². The molecule has 2 radical (unpaired) electrons. The average Bonchev–Trinajstić information content (AvgIpc) is 0.918. The van der Waals surface area contributed by atoms with E-state index in [1.165, 1.54) is 5.34 Å². The minimum absolute atomic E-state index is 0. The Morgan fingerprint density at radius 3 is 1.75 bits per heavy atom. The summed E-state index contributed by atoms with van der Waals surface area (Å²) in [7, 11) is 0. The van der Waals surface area contributed by atoms with E-state index in [0.717, 1.165) is 0 Å². The maximum absolute atomic E-state index is 8.11. The molecule has 4 heteroatoms. The summed E-state index contributed by atoms with van der Waals surface area (Å²) in [5.74, 6) is 0. The topological polar surface area (TPSA) is 49.7 Å². The van der Waals surface area contributed by atoms with Crippen LogP contribution in [0.4, 0.5) is 0 Å². The van der Waals surface area contributed by atoms with Gasteiger partial charge in [0, 0.05) is 0 Å². The Morgan fingerprint density at radius 1 is 1.75 bits per heavy atom. The number of hydrogen-bond donors (Lipinski definition) is 1. The molecule has 0 rings (SSSR count). The van der Waals surface area contributed by atoms with Crippen LogP contribution in [0.2, 0.25) is 0 Å². The SMILES string of the molecule is O=NO.[SnH2]. The summed E-state index contributed by atoms with van der Waals surface area (Å²) in [5, 5.41) is 7.89. The Labute approximate surface area is 39.9 Å². The fraction of sp³-hybridized carbons (Fsp3) is 0. The molecule has 0 aromatic rings. The van der Waals surface area contributed by atoms with Crippen molar-refractivity contribution in [2.75, 3.05) is 0 Å². The van der Waals surface area contributed by atoms with Gasteiger partial charge in [-0.15, -0.1) is 4.91 Å². The van der Waals surface area contributed by atoms with Crippen molar-refractivity contribution in [3.05, 3.63) is 4.91 Å². The van der Waals surface area contributed by atoms with Crippen molar-refractivity contribution in [2.45, 2.75) is 0 Å². The van der Waals surface area contributed by atoms with Crippen LogP contribution in [0.5, 0.6) is 0 Å². The van der Waals surface area contributed by atoms with Gasteiger partial charge in [0.15, 0.2) is 5.34 Å². The monoisotopic (exact) mass is 169 g/mol. The number of hydrogen-bond acceptors (Lipinski definition) is 2. The van der Waals surface area contributed by atoms with Crippen LogP contribution in [-0.2, 0) is 0 Å². The van der Waals surface area contributed by atoms with Crippen molar-refractivity contribution in [3.63, 3.8) is 0 Å². The van der Waals surface area contributed by atoms with Gasteiger partial charge in [0.1, 0.15) is 0 Å². The van der Waals surface area contributed by atoms with Crippen molar-refractivity contribution in [1.82, 2.24) is 0 Å². The first kappa shape index (κ1) is 8.89. The molecule has 0 bridgehead atoms. The van der Waals surface area contributed by atoms with Crippen molar-refractivity contribution in [3.8, 4) is 0 Å². The fourth-order valence-corrected chi connectivity index (χ4v) is 0. The van der Waals surface area contributed by atoms with Crippen LogP contribution in [0, 0.1) is 4.91 Å². The van der Waals surface area contributed by atoms with Crippen molar-refractivity contribution < 1.29 is 5.21 Å². The van der Waals surface area contributed by atoms with E-state index in [0.29, 0.717) is 0 Å². The molecule has 24 valence electrons. The zero-order valence-corrected chi connectivity index (χ0v) is 6.05. The summed E-state index contributed by atoms with van der Waals surface area (Å²) in [6.07, 6.45) is 0. The Hall–Kier alpha value is 0.199. The summed E-state index contributed by atoms with van der Waals surface area (Å²) in [6.45, 7) is 0. The number of nitrogens with zero attached hydrogens (tertiary/aromatic N) is 1. The van der Waals surface area contributed by atoms with Crippen molar-refractivity contribution in [1.29, 1.82) is 0 Å². The normalized spacial score (nSPS) is 3.00. The van der Waals surface area contributed by atoms with Crippen molar-refractivity contribution >= 4 is 23.9 Å². The second-order valence-corrected chi connectivity index (χ2v) is 0.0816. The van der Waals surface area contributed by atoms with E-state index >= 15 is 0 Å². The molecule has 4 heavy (non-hydrogen) atoms. The van der Waals surface area contributed by atoms with E-state index in [-0.39, 0.29) is 23.9 Å². The molecule has 0 aliphatic carbocycles. The van der Waals surface area contributed by atoms with Crippen LogP contribution in [-0.4, -0.2) is 29.1 Å². The van der Waals surface area contributed by atoms with E-state index in [2.05, 4.69) is 0 Å². The van der Waals surface area contributed by atoms with Gasteiger partial charge in [-0.25, -0.2) is 0 Å². The standard InChI is InChI=1S/HNO2.Sn.2H/c2-1-3;;;/h(H,2,3);;;. The van der Waals surface area contributed by atoms with Gasteiger partial charge in [0.25, 0.3) is 0 Å². The maximum atomic E-state index is 8.11. The first-order valence-electron chi connectivity index (χ1n) is 0.383. The molecule has 3 nitrogen and oxygen atoms in total. The predicted molar refractivity (Wildman–Crippen MR) is 16.1 cm³/mol. The molecule has 0 spiro atoms. The fourth-order valence-electron chi connectivity index (χ4n) is 0. The molecular formula is H3NO2Sn. The average molecular weight is 168 g/mol. The van der Waals surface area contributed by atoms with Crippen LogP contribution < -0.4 is 0 Å². The van der Waals surface area contributed by atoms with E-state index in [1.807, 2.05) is 0 Å². The molecule has 0 saturated carbocycles. The van der Waals surface area contributed by atoms with Gasteiger partial charge in [-0.05, 0) is 0 Å². The summed E-state index contributed by atoms with van der Waals surface area (Å²) < 4.78 is 0. The summed E-state index contributed by atoms with van der Waals surface area (Å²) >= 11 is 0. The molecule has 0 aliphatic rings. The molecule has 0 saturated heterocycles. The third-order valence-electron chi connectivity index (χ3n) is 0. The molecule has 0 fully saturated rings. The Bertz CT molecular complexity index is 13.5. The third-order valence-corrected chi connectivity index (χ3v) is 0. The Balaban J connectivity index is 0. The quantitative estimate of drug-likeness (QED) is 0.293. The molecule has 0 aromatic heterocycles. The molecule has 0 aliphatic heterocycles. The van der Waals surface area contributed by atoms with E-state index in [4.69, 9.17) is 10.1 Å². The van der Waals surface area contributed by atoms with Crippen molar-refractivity contribution in [2.24, 2.45) is 5.34 Å². The van der Waals surface area contributed by atoms with Gasteiger partial charge in [0.05, 0.1) is 0 Å². The van der Waals surface area contributed by atoms with E-state index in [9.17, 15) is 0 Å². The second-order valence-electron chi connectivity index (χ2n) is 0.0816. The molecule has 1 N–H and O–H groups in total. The third kappa shape index (κ3) is 80.0. The van der Waals surface area contributed by atoms with E-state index in [1.54, 1.807) is 0 Å². The molecular weight excluding hydrogens is 165 g/mol. The Kier molecular flexibility index (Phi) is 23.9. The van der Waals surface area contributed by atoms with Crippen LogP contribution in [0.3, 0.4) is 0 Å². The van der Waals surface area contributed by atoms with Crippen LogP contribution in [0.15, 0.2) is 5.34 Å². The molecule has 0 atom stereocenters. The van der Waals surface area contributed by atoms with Gasteiger partial charge < -0.3 is 5.21 Å². The molecule has 0 aromatic carbocycles. The predicted octanol–water partition coefficient (Wildman–Crippen LogP) is -0.774. The molecule has 0 amide bonds. The molecule has 0 unspecified atom stereocenters. The zero-order valence-electron chi connectivity index (χ0n) is 2.01. The molecule has 0 heterocycles. The summed E-state index contributed by atoms with van der Waals surface area (Å²) in [5.41, 5.74) is 0.